The summed E-state index contributed by atoms with van der Waals surface area (Å²) in [5.41, 5.74) is -0.0766. The molecule has 1 fully saturated rings. The highest BCUT2D eigenvalue weighted by Gasteiger charge is 2.29. The summed E-state index contributed by atoms with van der Waals surface area (Å²) < 4.78 is 5.30. The average molecular weight is 271 g/mol. The fourth-order valence-electron chi connectivity index (χ4n) is 1.94. The van der Waals surface area contributed by atoms with Crippen LogP contribution in [-0.4, -0.2) is 34.8 Å². The van der Waals surface area contributed by atoms with E-state index in [0.29, 0.717) is 19.0 Å². The summed E-state index contributed by atoms with van der Waals surface area (Å²) in [7, 11) is 0. The maximum absolute atomic E-state index is 11.1. The molecule has 0 bridgehead atoms. The molecule has 18 heavy (non-hydrogen) atoms. The molecule has 0 radical (unpaired) electrons. The highest BCUT2D eigenvalue weighted by molar-refractivity contribution is 6.29. The van der Waals surface area contributed by atoms with Gasteiger partial charge in [0.25, 0.3) is 0 Å². The van der Waals surface area contributed by atoms with Crippen molar-refractivity contribution in [3.05, 3.63) is 22.8 Å². The van der Waals surface area contributed by atoms with Gasteiger partial charge in [0.05, 0.1) is 0 Å². The van der Waals surface area contributed by atoms with Crippen molar-refractivity contribution in [3.8, 4) is 0 Å². The van der Waals surface area contributed by atoms with Gasteiger partial charge < -0.3 is 15.2 Å². The van der Waals surface area contributed by atoms with Gasteiger partial charge in [0.1, 0.15) is 16.5 Å². The molecule has 2 N–H and O–H groups in total. The lowest BCUT2D eigenvalue weighted by Gasteiger charge is -2.35. The third-order valence-corrected chi connectivity index (χ3v) is 3.32. The molecule has 0 spiro atoms. The van der Waals surface area contributed by atoms with E-state index in [1.54, 1.807) is 0 Å². The molecule has 0 saturated carbocycles. The molecule has 1 aromatic heterocycles. The molecule has 1 saturated heterocycles. The molecule has 98 valence electrons. The van der Waals surface area contributed by atoms with E-state index in [1.165, 1.54) is 12.1 Å². The molecule has 0 aromatic carbocycles. The second kappa shape index (κ2) is 5.12. The van der Waals surface area contributed by atoms with Crippen molar-refractivity contribution in [3.63, 3.8) is 0 Å². The van der Waals surface area contributed by atoms with Crippen LogP contribution in [0.5, 0.6) is 0 Å². The van der Waals surface area contributed by atoms with E-state index in [0.717, 1.165) is 12.8 Å². The van der Waals surface area contributed by atoms with Crippen LogP contribution in [0, 0.1) is 0 Å². The number of rotatable bonds is 3. The number of hydrogen-bond acceptors (Lipinski definition) is 4. The molecule has 0 amide bonds. The molecule has 1 aromatic rings. The van der Waals surface area contributed by atoms with Crippen molar-refractivity contribution < 1.29 is 14.6 Å². The standard InChI is InChI=1S/C12H15ClN2O3/c1-12(4-6-18-7-5-12)15-10-8(11(16)17)2-3-9(13)14-10/h2-3H,4-7H2,1H3,(H,14,15)(H,16,17). The Hall–Kier alpha value is -1.33. The Balaban J connectivity index is 2.26. The Morgan fingerprint density at radius 3 is 2.78 bits per heavy atom. The molecule has 0 unspecified atom stereocenters. The predicted molar refractivity (Wildman–Crippen MR) is 68.3 cm³/mol. The maximum Gasteiger partial charge on any atom is 0.339 e. The van der Waals surface area contributed by atoms with Gasteiger partial charge >= 0.3 is 5.97 Å². The van der Waals surface area contributed by atoms with Gasteiger partial charge in [-0.25, -0.2) is 9.78 Å². The highest BCUT2D eigenvalue weighted by atomic mass is 35.5. The Morgan fingerprint density at radius 1 is 1.50 bits per heavy atom. The summed E-state index contributed by atoms with van der Waals surface area (Å²) in [6, 6.07) is 2.94. The summed E-state index contributed by atoms with van der Waals surface area (Å²) >= 11 is 5.82. The Morgan fingerprint density at radius 2 is 2.17 bits per heavy atom. The number of nitrogens with one attached hydrogen (secondary N) is 1. The number of carboxylic acid groups (broad SMARTS) is 1. The van der Waals surface area contributed by atoms with Gasteiger partial charge in [-0.2, -0.15) is 0 Å². The summed E-state index contributed by atoms with van der Waals surface area (Å²) in [5, 5.41) is 12.6. The molecule has 6 heteroatoms. The van der Waals surface area contributed by atoms with Crippen molar-refractivity contribution in [1.29, 1.82) is 0 Å². The predicted octanol–water partition coefficient (Wildman–Crippen LogP) is 2.41. The number of carbonyl (C=O) groups is 1. The van der Waals surface area contributed by atoms with Crippen molar-refractivity contribution in [2.45, 2.75) is 25.3 Å². The van der Waals surface area contributed by atoms with Gasteiger partial charge in [-0.05, 0) is 31.9 Å². The van der Waals surface area contributed by atoms with Crippen LogP contribution >= 0.6 is 11.6 Å². The summed E-state index contributed by atoms with van der Waals surface area (Å²) in [6.07, 6.45) is 1.61. The zero-order chi connectivity index (χ0) is 13.2. The van der Waals surface area contributed by atoms with Crippen LogP contribution in [-0.2, 0) is 4.74 Å². The molecular formula is C12H15ClN2O3. The minimum atomic E-state index is -1.02. The minimum absolute atomic E-state index is 0.132. The van der Waals surface area contributed by atoms with E-state index in [9.17, 15) is 4.79 Å². The quantitative estimate of drug-likeness (QED) is 0.826. The summed E-state index contributed by atoms with van der Waals surface area (Å²) in [4.78, 5) is 15.2. The van der Waals surface area contributed by atoms with Gasteiger partial charge in [0.15, 0.2) is 0 Å². The number of aromatic nitrogens is 1. The largest absolute Gasteiger partial charge is 0.478 e. The number of ether oxygens (including phenoxy) is 1. The van der Waals surface area contributed by atoms with Gasteiger partial charge in [-0.15, -0.1) is 0 Å². The van der Waals surface area contributed by atoms with Crippen LogP contribution in [0.4, 0.5) is 5.82 Å². The van der Waals surface area contributed by atoms with Crippen molar-refractivity contribution in [2.75, 3.05) is 18.5 Å². The van der Waals surface area contributed by atoms with Gasteiger partial charge in [0, 0.05) is 18.8 Å². The smallest absolute Gasteiger partial charge is 0.339 e. The van der Waals surface area contributed by atoms with Crippen LogP contribution in [0.3, 0.4) is 0 Å². The number of halogens is 1. The molecule has 2 rings (SSSR count). The van der Waals surface area contributed by atoms with E-state index < -0.39 is 5.97 Å². The normalized spacial score (nSPS) is 18.3. The molecule has 1 aliphatic heterocycles. The lowest BCUT2D eigenvalue weighted by molar-refractivity contribution is 0.0654. The molecular weight excluding hydrogens is 256 g/mol. The Labute approximate surface area is 110 Å². The minimum Gasteiger partial charge on any atom is -0.478 e. The molecule has 0 atom stereocenters. The number of nitrogens with zero attached hydrogens (tertiary/aromatic N) is 1. The van der Waals surface area contributed by atoms with Crippen LogP contribution in [0.2, 0.25) is 5.15 Å². The molecule has 0 aliphatic carbocycles. The van der Waals surface area contributed by atoms with E-state index in [4.69, 9.17) is 21.4 Å². The molecule has 5 nitrogen and oxygen atoms in total. The number of aromatic carboxylic acids is 1. The SMILES string of the molecule is CC1(Nc2nc(Cl)ccc2C(=O)O)CCOCC1. The van der Waals surface area contributed by atoms with Crippen molar-refractivity contribution in [1.82, 2.24) is 4.98 Å². The highest BCUT2D eigenvalue weighted by Crippen LogP contribution is 2.27. The number of anilines is 1. The van der Waals surface area contributed by atoms with E-state index in [2.05, 4.69) is 10.3 Å². The Bertz CT molecular complexity index is 459. The van der Waals surface area contributed by atoms with E-state index >= 15 is 0 Å². The van der Waals surface area contributed by atoms with Crippen LogP contribution in [0.15, 0.2) is 12.1 Å². The first kappa shape index (κ1) is 13.1. The van der Waals surface area contributed by atoms with Crippen LogP contribution < -0.4 is 5.32 Å². The van der Waals surface area contributed by atoms with E-state index in [1.807, 2.05) is 6.92 Å². The lowest BCUT2D eigenvalue weighted by Crippen LogP contribution is -2.41. The first-order chi connectivity index (χ1) is 8.50. The van der Waals surface area contributed by atoms with E-state index in [-0.39, 0.29) is 16.3 Å². The van der Waals surface area contributed by atoms with Gasteiger partial charge in [-0.1, -0.05) is 11.6 Å². The van der Waals surface area contributed by atoms with Crippen LogP contribution in [0.1, 0.15) is 30.1 Å². The lowest BCUT2D eigenvalue weighted by atomic mass is 9.92. The second-order valence-electron chi connectivity index (χ2n) is 4.63. The third kappa shape index (κ3) is 2.91. The third-order valence-electron chi connectivity index (χ3n) is 3.11. The summed E-state index contributed by atoms with van der Waals surface area (Å²) in [6.45, 7) is 3.35. The fraction of sp³-hybridized carbons (Fsp3) is 0.500. The second-order valence-corrected chi connectivity index (χ2v) is 5.02. The number of pyridine rings is 1. The zero-order valence-corrected chi connectivity index (χ0v) is 10.8. The fourth-order valence-corrected chi connectivity index (χ4v) is 2.08. The number of hydrogen-bond donors (Lipinski definition) is 2. The topological polar surface area (TPSA) is 71.5 Å². The Kier molecular flexibility index (Phi) is 3.73. The first-order valence-electron chi connectivity index (χ1n) is 5.76. The van der Waals surface area contributed by atoms with Gasteiger partial charge in [0.2, 0.25) is 0 Å². The maximum atomic E-state index is 11.1. The molecule has 1 aliphatic rings. The zero-order valence-electron chi connectivity index (χ0n) is 10.1. The van der Waals surface area contributed by atoms with Crippen LogP contribution in [0.25, 0.3) is 0 Å². The number of carboxylic acids is 1. The molecule has 2 heterocycles. The van der Waals surface area contributed by atoms with Crippen molar-refractivity contribution in [2.24, 2.45) is 0 Å². The first-order valence-corrected chi connectivity index (χ1v) is 6.14. The monoisotopic (exact) mass is 270 g/mol. The average Bonchev–Trinajstić information content (AvgIpc) is 2.28. The van der Waals surface area contributed by atoms with Crippen molar-refractivity contribution >= 4 is 23.4 Å². The summed E-state index contributed by atoms with van der Waals surface area (Å²) in [5.74, 6) is -0.697. The van der Waals surface area contributed by atoms with Gasteiger partial charge in [-0.3, -0.25) is 0 Å².